The third-order valence-electron chi connectivity index (χ3n) is 2.34. The molecule has 1 nitrogen and oxygen atoms in total. The summed E-state index contributed by atoms with van der Waals surface area (Å²) >= 11 is 12.1. The summed E-state index contributed by atoms with van der Waals surface area (Å²) in [4.78, 5) is 4.39. The van der Waals surface area contributed by atoms with E-state index in [4.69, 9.17) is 23.2 Å². The minimum absolute atomic E-state index is 0.779. The molecule has 0 aliphatic carbocycles. The van der Waals surface area contributed by atoms with Gasteiger partial charge < -0.3 is 0 Å². The van der Waals surface area contributed by atoms with Crippen LogP contribution >= 0.6 is 23.2 Å². The van der Waals surface area contributed by atoms with E-state index < -0.39 is 4.33 Å². The van der Waals surface area contributed by atoms with Gasteiger partial charge in [-0.2, -0.15) is 0 Å². The summed E-state index contributed by atoms with van der Waals surface area (Å²) in [5.74, 6) is 0. The van der Waals surface area contributed by atoms with Gasteiger partial charge in [-0.1, -0.05) is 47.5 Å². The minimum Gasteiger partial charge on any atom is -0.286 e. The first-order valence-corrected chi connectivity index (χ1v) is 5.35. The van der Waals surface area contributed by atoms with Crippen molar-refractivity contribution in [3.63, 3.8) is 0 Å². The number of alkyl halides is 2. The van der Waals surface area contributed by atoms with E-state index in [2.05, 4.69) is 11.1 Å². The topological polar surface area (TPSA) is 12.4 Å². The van der Waals surface area contributed by atoms with E-state index in [9.17, 15) is 0 Å². The highest BCUT2D eigenvalue weighted by atomic mass is 35.5. The molecule has 14 heavy (non-hydrogen) atoms. The summed E-state index contributed by atoms with van der Waals surface area (Å²) < 4.78 is -0.892. The van der Waals surface area contributed by atoms with Crippen LogP contribution in [-0.4, -0.2) is 16.6 Å². The highest BCUT2D eigenvalue weighted by molar-refractivity contribution is 6.60. The van der Waals surface area contributed by atoms with Crippen LogP contribution in [0.5, 0.6) is 0 Å². The number of nitrogens with zero attached hydrogens (tertiary/aromatic N) is 1. The lowest BCUT2D eigenvalue weighted by Crippen LogP contribution is -2.27. The van der Waals surface area contributed by atoms with Gasteiger partial charge in [-0.3, -0.25) is 4.99 Å². The van der Waals surface area contributed by atoms with Crippen molar-refractivity contribution >= 4 is 28.9 Å². The maximum atomic E-state index is 6.07. The number of halogens is 2. The zero-order valence-electron chi connectivity index (χ0n) is 7.93. The van der Waals surface area contributed by atoms with Crippen molar-refractivity contribution in [2.45, 2.75) is 17.7 Å². The molecule has 0 unspecified atom stereocenters. The standard InChI is InChI=1S/C11H11Cl2N/c1-11(12,13)10-9-5-3-2-4-8(9)6-7-14-10/h2-5H,6-7H2,1H3. The number of fused-ring (bicyclic) bond motifs is 1. The molecule has 0 N–H and O–H groups in total. The lowest BCUT2D eigenvalue weighted by molar-refractivity contribution is 0.924. The molecular formula is C11H11Cl2N. The lowest BCUT2D eigenvalue weighted by atomic mass is 9.96. The fraction of sp³-hybridized carbons (Fsp3) is 0.364. The van der Waals surface area contributed by atoms with E-state index in [1.807, 2.05) is 18.2 Å². The van der Waals surface area contributed by atoms with E-state index in [-0.39, 0.29) is 0 Å². The normalized spacial score (nSPS) is 16.1. The Bertz CT molecular complexity index is 377. The lowest BCUT2D eigenvalue weighted by Gasteiger charge is -2.23. The van der Waals surface area contributed by atoms with E-state index in [0.717, 1.165) is 24.2 Å². The molecule has 0 bridgehead atoms. The molecule has 0 fully saturated rings. The van der Waals surface area contributed by atoms with Gasteiger partial charge in [0.2, 0.25) is 0 Å². The molecule has 0 spiro atoms. The van der Waals surface area contributed by atoms with Crippen LogP contribution in [0.25, 0.3) is 0 Å². The monoisotopic (exact) mass is 227 g/mol. The van der Waals surface area contributed by atoms with Crippen molar-refractivity contribution in [2.75, 3.05) is 6.54 Å². The Labute approximate surface area is 93.8 Å². The van der Waals surface area contributed by atoms with Crippen LogP contribution < -0.4 is 0 Å². The molecule has 1 aromatic carbocycles. The van der Waals surface area contributed by atoms with Gasteiger partial charge in [-0.25, -0.2) is 0 Å². The number of hydrogen-bond acceptors (Lipinski definition) is 1. The Balaban J connectivity index is 2.51. The molecule has 1 aliphatic heterocycles. The second kappa shape index (κ2) is 3.56. The van der Waals surface area contributed by atoms with Crippen LogP contribution in [0, 0.1) is 0 Å². The average Bonchev–Trinajstić information content (AvgIpc) is 2.15. The van der Waals surface area contributed by atoms with Crippen molar-refractivity contribution in [2.24, 2.45) is 4.99 Å². The van der Waals surface area contributed by atoms with E-state index in [1.54, 1.807) is 6.92 Å². The molecule has 0 saturated heterocycles. The smallest absolute Gasteiger partial charge is 0.157 e. The van der Waals surface area contributed by atoms with Crippen molar-refractivity contribution in [3.8, 4) is 0 Å². The fourth-order valence-electron chi connectivity index (χ4n) is 1.72. The van der Waals surface area contributed by atoms with Gasteiger partial charge in [0, 0.05) is 12.1 Å². The van der Waals surface area contributed by atoms with Crippen molar-refractivity contribution in [3.05, 3.63) is 35.4 Å². The van der Waals surface area contributed by atoms with Gasteiger partial charge >= 0.3 is 0 Å². The van der Waals surface area contributed by atoms with Crippen molar-refractivity contribution in [1.82, 2.24) is 0 Å². The van der Waals surface area contributed by atoms with Crippen molar-refractivity contribution in [1.29, 1.82) is 0 Å². The number of benzene rings is 1. The van der Waals surface area contributed by atoms with Gasteiger partial charge in [0.05, 0.1) is 5.71 Å². The van der Waals surface area contributed by atoms with Crippen molar-refractivity contribution < 1.29 is 0 Å². The Morgan fingerprint density at radius 2 is 2.00 bits per heavy atom. The second-order valence-corrected chi connectivity index (χ2v) is 5.23. The predicted molar refractivity (Wildman–Crippen MR) is 61.7 cm³/mol. The highest BCUT2D eigenvalue weighted by Crippen LogP contribution is 2.29. The molecule has 0 radical (unpaired) electrons. The maximum absolute atomic E-state index is 6.07. The van der Waals surface area contributed by atoms with Crippen LogP contribution in [0.15, 0.2) is 29.3 Å². The highest BCUT2D eigenvalue weighted by Gasteiger charge is 2.29. The second-order valence-electron chi connectivity index (χ2n) is 3.53. The number of rotatable bonds is 1. The van der Waals surface area contributed by atoms with Gasteiger partial charge in [-0.15, -0.1) is 0 Å². The zero-order chi connectivity index (χ0) is 10.2. The minimum atomic E-state index is -0.892. The fourth-order valence-corrected chi connectivity index (χ4v) is 2.04. The zero-order valence-corrected chi connectivity index (χ0v) is 9.44. The summed E-state index contributed by atoms with van der Waals surface area (Å²) in [5, 5.41) is 0. The molecule has 74 valence electrons. The summed E-state index contributed by atoms with van der Waals surface area (Å²) in [5.41, 5.74) is 3.17. The molecule has 1 heterocycles. The van der Waals surface area contributed by atoms with Gasteiger partial charge in [-0.05, 0) is 18.9 Å². The summed E-state index contributed by atoms with van der Waals surface area (Å²) in [7, 11) is 0. The van der Waals surface area contributed by atoms with Crippen LogP contribution in [0.1, 0.15) is 18.1 Å². The number of aliphatic imine (C=N–C) groups is 1. The Morgan fingerprint density at radius 3 is 2.71 bits per heavy atom. The van der Waals surface area contributed by atoms with Gasteiger partial charge in [0.25, 0.3) is 0 Å². The van der Waals surface area contributed by atoms with Crippen LogP contribution in [0.2, 0.25) is 0 Å². The van der Waals surface area contributed by atoms with Gasteiger partial charge in [0.1, 0.15) is 0 Å². The van der Waals surface area contributed by atoms with E-state index in [1.165, 1.54) is 5.56 Å². The maximum Gasteiger partial charge on any atom is 0.157 e. The van der Waals surface area contributed by atoms with E-state index in [0.29, 0.717) is 0 Å². The van der Waals surface area contributed by atoms with Crippen LogP contribution in [0.3, 0.4) is 0 Å². The molecule has 0 aromatic heterocycles. The first kappa shape index (κ1) is 10.0. The van der Waals surface area contributed by atoms with Crippen LogP contribution in [-0.2, 0) is 6.42 Å². The summed E-state index contributed by atoms with van der Waals surface area (Å²) in [6.07, 6.45) is 0.976. The molecule has 0 atom stereocenters. The summed E-state index contributed by atoms with van der Waals surface area (Å²) in [6.45, 7) is 2.54. The molecule has 1 aliphatic rings. The molecule has 3 heteroatoms. The quantitative estimate of drug-likeness (QED) is 0.654. The van der Waals surface area contributed by atoms with E-state index >= 15 is 0 Å². The molecule has 2 rings (SSSR count). The average molecular weight is 228 g/mol. The Hall–Kier alpha value is -0.530. The number of hydrogen-bond donors (Lipinski definition) is 0. The summed E-state index contributed by atoms with van der Waals surface area (Å²) in [6, 6.07) is 8.14. The first-order valence-electron chi connectivity index (χ1n) is 4.60. The first-order chi connectivity index (χ1) is 6.59. The Morgan fingerprint density at radius 1 is 1.29 bits per heavy atom. The van der Waals surface area contributed by atoms with Crippen LogP contribution in [0.4, 0.5) is 0 Å². The molecular weight excluding hydrogens is 217 g/mol. The third kappa shape index (κ3) is 1.79. The predicted octanol–water partition coefficient (Wildman–Crippen LogP) is 3.23. The molecule has 1 aromatic rings. The molecule has 0 amide bonds. The molecule has 0 saturated carbocycles. The Kier molecular flexibility index (Phi) is 2.54. The SMILES string of the molecule is CC(Cl)(Cl)C1=NCCc2ccccc21. The third-order valence-corrected chi connectivity index (χ3v) is 2.70. The largest absolute Gasteiger partial charge is 0.286 e. The van der Waals surface area contributed by atoms with Gasteiger partial charge in [0.15, 0.2) is 4.33 Å².